The summed E-state index contributed by atoms with van der Waals surface area (Å²) in [5, 5.41) is 13.6. The van der Waals surface area contributed by atoms with Crippen LogP contribution in [0.15, 0.2) is 11.1 Å². The molecule has 0 bridgehead atoms. The van der Waals surface area contributed by atoms with E-state index in [1.807, 2.05) is 0 Å². The number of aliphatic carboxylic acids is 1. The van der Waals surface area contributed by atoms with Crippen molar-refractivity contribution < 1.29 is 23.1 Å². The van der Waals surface area contributed by atoms with Gasteiger partial charge in [-0.3, -0.25) is 9.48 Å². The molecule has 7 nitrogen and oxygen atoms in total. The third kappa shape index (κ3) is 5.51. The number of aromatic nitrogens is 2. The number of carbonyl (C=O) groups is 1. The number of nitrogens with zero attached hydrogens (tertiary/aromatic N) is 2. The lowest BCUT2D eigenvalue weighted by Crippen LogP contribution is -2.16. The van der Waals surface area contributed by atoms with Gasteiger partial charge in [0.15, 0.2) is 9.84 Å². The quantitative estimate of drug-likeness (QED) is 0.666. The normalized spacial score (nSPS) is 11.7. The Labute approximate surface area is 122 Å². The zero-order valence-electron chi connectivity index (χ0n) is 11.4. The lowest BCUT2D eigenvalue weighted by atomic mass is 10.5. The van der Waals surface area contributed by atoms with Crippen molar-refractivity contribution >= 4 is 27.6 Å². The zero-order valence-corrected chi connectivity index (χ0v) is 13.0. The van der Waals surface area contributed by atoms with Crippen LogP contribution in [0, 0.1) is 0 Å². The minimum Gasteiger partial charge on any atom is -0.481 e. The molecule has 0 aliphatic rings. The number of methoxy groups -OCH3 is 1. The van der Waals surface area contributed by atoms with E-state index in [4.69, 9.17) is 9.84 Å². The van der Waals surface area contributed by atoms with Crippen molar-refractivity contribution in [2.75, 3.05) is 24.4 Å². The first-order valence-electron chi connectivity index (χ1n) is 5.98. The summed E-state index contributed by atoms with van der Waals surface area (Å²) in [6.45, 7) is 2.10. The number of hydrogen-bond donors (Lipinski definition) is 1. The first-order chi connectivity index (χ1) is 9.38. The second-order valence-corrected chi connectivity index (χ2v) is 7.52. The van der Waals surface area contributed by atoms with Crippen LogP contribution in [0.2, 0.25) is 0 Å². The average Bonchev–Trinajstić information content (AvgIpc) is 2.77. The van der Waals surface area contributed by atoms with E-state index in [2.05, 4.69) is 5.10 Å². The Morgan fingerprint density at radius 1 is 1.55 bits per heavy atom. The number of sulfone groups is 1. The Balaban J connectivity index is 2.82. The SMILES string of the molecule is CCS(=O)(=O)CCn1nc(COC)cc1SCC(=O)O. The van der Waals surface area contributed by atoms with Crippen LogP contribution < -0.4 is 0 Å². The van der Waals surface area contributed by atoms with Gasteiger partial charge in [-0.25, -0.2) is 8.42 Å². The molecule has 0 spiro atoms. The van der Waals surface area contributed by atoms with Crippen molar-refractivity contribution in [3.63, 3.8) is 0 Å². The predicted molar refractivity (Wildman–Crippen MR) is 75.6 cm³/mol. The van der Waals surface area contributed by atoms with Crippen LogP contribution in [0.4, 0.5) is 0 Å². The van der Waals surface area contributed by atoms with E-state index in [0.717, 1.165) is 11.8 Å². The molecule has 1 N–H and O–H groups in total. The molecule has 0 fully saturated rings. The zero-order chi connectivity index (χ0) is 15.2. The molecule has 1 rings (SSSR count). The Hall–Kier alpha value is -1.06. The summed E-state index contributed by atoms with van der Waals surface area (Å²) in [7, 11) is -1.55. The molecule has 0 atom stereocenters. The van der Waals surface area contributed by atoms with Crippen molar-refractivity contribution in [3.05, 3.63) is 11.8 Å². The van der Waals surface area contributed by atoms with Crippen LogP contribution in [-0.2, 0) is 32.5 Å². The van der Waals surface area contributed by atoms with Gasteiger partial charge >= 0.3 is 5.97 Å². The second kappa shape index (κ2) is 7.65. The van der Waals surface area contributed by atoms with Gasteiger partial charge in [0.05, 0.1) is 35.4 Å². The number of aryl methyl sites for hydroxylation is 1. The molecule has 0 aliphatic heterocycles. The lowest BCUT2D eigenvalue weighted by Gasteiger charge is -2.06. The minimum atomic E-state index is -3.09. The van der Waals surface area contributed by atoms with E-state index >= 15 is 0 Å². The van der Waals surface area contributed by atoms with Crippen LogP contribution >= 0.6 is 11.8 Å². The highest BCUT2D eigenvalue weighted by Gasteiger charge is 2.13. The highest BCUT2D eigenvalue weighted by molar-refractivity contribution is 7.99. The van der Waals surface area contributed by atoms with Crippen molar-refractivity contribution in [1.82, 2.24) is 9.78 Å². The van der Waals surface area contributed by atoms with Gasteiger partial charge in [-0.1, -0.05) is 18.7 Å². The van der Waals surface area contributed by atoms with E-state index in [1.165, 1.54) is 11.8 Å². The van der Waals surface area contributed by atoms with E-state index in [0.29, 0.717) is 17.3 Å². The summed E-state index contributed by atoms with van der Waals surface area (Å²) in [5.41, 5.74) is 0.647. The Morgan fingerprint density at radius 3 is 2.80 bits per heavy atom. The van der Waals surface area contributed by atoms with Gasteiger partial charge in [-0.05, 0) is 6.07 Å². The number of ether oxygens (including phenoxy) is 1. The first kappa shape index (κ1) is 17.0. The first-order valence-corrected chi connectivity index (χ1v) is 8.79. The molecule has 1 aromatic rings. The Kier molecular flexibility index (Phi) is 6.50. The fourth-order valence-corrected chi connectivity index (χ4v) is 2.96. The van der Waals surface area contributed by atoms with Gasteiger partial charge in [0.1, 0.15) is 0 Å². The minimum absolute atomic E-state index is 0.0156. The molecule has 9 heteroatoms. The molecule has 1 heterocycles. The monoisotopic (exact) mass is 322 g/mol. The van der Waals surface area contributed by atoms with Crippen LogP contribution in [0.5, 0.6) is 0 Å². The van der Waals surface area contributed by atoms with Gasteiger partial charge in [-0.2, -0.15) is 5.10 Å². The van der Waals surface area contributed by atoms with Crippen LogP contribution in [0.3, 0.4) is 0 Å². The second-order valence-electron chi connectivity index (χ2n) is 4.05. The molecule has 0 amide bonds. The summed E-state index contributed by atoms with van der Waals surface area (Å²) in [6, 6.07) is 1.72. The molecule has 0 radical (unpaired) electrons. The van der Waals surface area contributed by atoms with Gasteiger partial charge in [0.25, 0.3) is 0 Å². The number of hydrogen-bond acceptors (Lipinski definition) is 6. The van der Waals surface area contributed by atoms with E-state index in [1.54, 1.807) is 13.0 Å². The van der Waals surface area contributed by atoms with Gasteiger partial charge in [0.2, 0.25) is 0 Å². The number of thioether (sulfide) groups is 1. The summed E-state index contributed by atoms with van der Waals surface area (Å²) < 4.78 is 29.5. The smallest absolute Gasteiger partial charge is 0.313 e. The molecular weight excluding hydrogens is 304 g/mol. The van der Waals surface area contributed by atoms with E-state index in [-0.39, 0.29) is 23.8 Å². The maximum atomic E-state index is 11.5. The van der Waals surface area contributed by atoms with Crippen LogP contribution in [0.25, 0.3) is 0 Å². The molecule has 1 aromatic heterocycles. The van der Waals surface area contributed by atoms with E-state index < -0.39 is 15.8 Å². The Morgan fingerprint density at radius 2 is 2.25 bits per heavy atom. The van der Waals surface area contributed by atoms with Gasteiger partial charge in [-0.15, -0.1) is 0 Å². The summed E-state index contributed by atoms with van der Waals surface area (Å²) in [6.07, 6.45) is 0. The average molecular weight is 322 g/mol. The summed E-state index contributed by atoms with van der Waals surface area (Å²) in [4.78, 5) is 10.6. The molecule has 0 saturated heterocycles. The molecule has 20 heavy (non-hydrogen) atoms. The van der Waals surface area contributed by atoms with Crippen molar-refractivity contribution in [2.45, 2.75) is 25.1 Å². The number of carboxylic acids is 1. The fraction of sp³-hybridized carbons (Fsp3) is 0.636. The predicted octanol–water partition coefficient (Wildman–Crippen LogP) is 0.641. The molecule has 0 unspecified atom stereocenters. The molecular formula is C11H18N2O5S2. The van der Waals surface area contributed by atoms with Crippen molar-refractivity contribution in [1.29, 1.82) is 0 Å². The molecule has 0 saturated carbocycles. The summed E-state index contributed by atoms with van der Waals surface area (Å²) in [5.74, 6) is -0.967. The van der Waals surface area contributed by atoms with Crippen LogP contribution in [0.1, 0.15) is 12.6 Å². The maximum Gasteiger partial charge on any atom is 0.313 e. The van der Waals surface area contributed by atoms with Crippen LogP contribution in [-0.4, -0.2) is 53.6 Å². The maximum absolute atomic E-state index is 11.5. The van der Waals surface area contributed by atoms with Crippen molar-refractivity contribution in [3.8, 4) is 0 Å². The highest BCUT2D eigenvalue weighted by Crippen LogP contribution is 2.20. The third-order valence-electron chi connectivity index (χ3n) is 2.48. The number of rotatable bonds is 9. The number of carboxylic acid groups (broad SMARTS) is 1. The van der Waals surface area contributed by atoms with Gasteiger partial charge in [0, 0.05) is 12.9 Å². The Bertz CT molecular complexity index is 553. The molecule has 0 aromatic carbocycles. The summed E-state index contributed by atoms with van der Waals surface area (Å²) >= 11 is 1.11. The molecule has 0 aliphatic carbocycles. The largest absolute Gasteiger partial charge is 0.481 e. The standard InChI is InChI=1S/C11H18N2O5S2/c1-3-20(16,17)5-4-13-10(19-8-11(14)15)6-9(12-13)7-18-2/h6H,3-5,7-8H2,1-2H3,(H,14,15). The third-order valence-corrected chi connectivity index (χ3v) is 5.18. The highest BCUT2D eigenvalue weighted by atomic mass is 32.2. The van der Waals surface area contributed by atoms with E-state index in [9.17, 15) is 13.2 Å². The lowest BCUT2D eigenvalue weighted by molar-refractivity contribution is -0.133. The topological polar surface area (TPSA) is 98.5 Å². The molecule has 114 valence electrons. The van der Waals surface area contributed by atoms with Gasteiger partial charge < -0.3 is 9.84 Å². The van der Waals surface area contributed by atoms with Crippen molar-refractivity contribution in [2.24, 2.45) is 0 Å². The fourth-order valence-electron chi connectivity index (χ4n) is 1.45.